The molecular weight excluding hydrogens is 375 g/mol. The van der Waals surface area contributed by atoms with Crippen LogP contribution in [0.1, 0.15) is 24.4 Å². The van der Waals surface area contributed by atoms with Crippen LogP contribution < -0.4 is 10.6 Å². The Kier molecular flexibility index (Phi) is 4.43. The average Bonchev–Trinajstić information content (AvgIpc) is 3.29. The summed E-state index contributed by atoms with van der Waals surface area (Å²) in [6.45, 7) is 0. The molecule has 0 radical (unpaired) electrons. The highest BCUT2D eigenvalue weighted by atomic mass is 127. The topological polar surface area (TPSA) is 41.1 Å². The van der Waals surface area contributed by atoms with E-state index in [1.807, 2.05) is 54.6 Å². The first-order valence-corrected chi connectivity index (χ1v) is 8.18. The summed E-state index contributed by atoms with van der Waals surface area (Å²) in [6, 6.07) is 17.9. The lowest BCUT2D eigenvalue weighted by Gasteiger charge is -2.20. The van der Waals surface area contributed by atoms with E-state index in [9.17, 15) is 4.79 Å². The largest absolute Gasteiger partial charge is 0.370 e. The van der Waals surface area contributed by atoms with Crippen molar-refractivity contribution in [2.24, 2.45) is 0 Å². The molecule has 1 saturated carbocycles. The predicted octanol–water partition coefficient (Wildman–Crippen LogP) is 3.72. The summed E-state index contributed by atoms with van der Waals surface area (Å²) in [5.74, 6) is 0.0440. The third-order valence-corrected chi connectivity index (χ3v) is 4.13. The van der Waals surface area contributed by atoms with Gasteiger partial charge in [-0.1, -0.05) is 36.4 Å². The number of hydrogen-bond acceptors (Lipinski definition) is 2. The normalized spacial score (nSPS) is 15.3. The Hall–Kier alpha value is -1.56. The van der Waals surface area contributed by atoms with Crippen LogP contribution in [0, 0.1) is 3.57 Å². The van der Waals surface area contributed by atoms with Gasteiger partial charge in [0, 0.05) is 15.3 Å². The van der Waals surface area contributed by atoms with Gasteiger partial charge >= 0.3 is 0 Å². The number of rotatable bonds is 5. The standard InChI is InChI=1S/C17H17IN2O/c18-13-7-4-8-15(11-13)19-16(12-5-2-1-3-6-12)17(21)20-14-9-10-14/h1-8,11,14,16,19H,9-10H2,(H,20,21)/t16-/m0/s1. The van der Waals surface area contributed by atoms with E-state index in [-0.39, 0.29) is 11.9 Å². The molecule has 4 heteroatoms. The van der Waals surface area contributed by atoms with Gasteiger partial charge in [0.05, 0.1) is 0 Å². The SMILES string of the molecule is O=C(NC1CC1)[C@@H](Nc1cccc(I)c1)c1ccccc1. The summed E-state index contributed by atoms with van der Waals surface area (Å²) < 4.78 is 1.15. The number of benzene rings is 2. The number of nitrogens with one attached hydrogen (secondary N) is 2. The van der Waals surface area contributed by atoms with Gasteiger partial charge in [0.2, 0.25) is 5.91 Å². The van der Waals surface area contributed by atoms with E-state index in [2.05, 4.69) is 33.2 Å². The van der Waals surface area contributed by atoms with E-state index in [1.165, 1.54) is 0 Å². The minimum absolute atomic E-state index is 0.0440. The Morgan fingerprint density at radius 1 is 1.10 bits per heavy atom. The Balaban J connectivity index is 1.82. The van der Waals surface area contributed by atoms with E-state index in [0.717, 1.165) is 27.7 Å². The zero-order valence-corrected chi connectivity index (χ0v) is 13.7. The summed E-state index contributed by atoms with van der Waals surface area (Å²) in [7, 11) is 0. The van der Waals surface area contributed by atoms with Crippen molar-refractivity contribution < 1.29 is 4.79 Å². The fourth-order valence-electron chi connectivity index (χ4n) is 2.20. The Labute approximate surface area is 138 Å². The Morgan fingerprint density at radius 2 is 1.86 bits per heavy atom. The van der Waals surface area contributed by atoms with Crippen LogP contribution in [0.2, 0.25) is 0 Å². The zero-order valence-electron chi connectivity index (χ0n) is 11.6. The maximum atomic E-state index is 12.5. The van der Waals surface area contributed by atoms with Crippen molar-refractivity contribution in [2.45, 2.75) is 24.9 Å². The number of amides is 1. The van der Waals surface area contributed by atoms with Crippen LogP contribution in [-0.2, 0) is 4.79 Å². The summed E-state index contributed by atoms with van der Waals surface area (Å²) in [5.41, 5.74) is 1.94. The summed E-state index contributed by atoms with van der Waals surface area (Å²) in [5, 5.41) is 6.44. The zero-order chi connectivity index (χ0) is 14.7. The fourth-order valence-corrected chi connectivity index (χ4v) is 2.75. The van der Waals surface area contributed by atoms with Gasteiger partial charge in [0.15, 0.2) is 0 Å². The molecular formula is C17H17IN2O. The molecule has 1 aliphatic carbocycles. The molecule has 0 aliphatic heterocycles. The van der Waals surface area contributed by atoms with E-state index in [1.54, 1.807) is 0 Å². The van der Waals surface area contributed by atoms with Crippen LogP contribution >= 0.6 is 22.6 Å². The van der Waals surface area contributed by atoms with Crippen molar-refractivity contribution in [3.8, 4) is 0 Å². The molecule has 0 saturated heterocycles. The third-order valence-electron chi connectivity index (χ3n) is 3.45. The Bertz CT molecular complexity index is 626. The molecule has 3 rings (SSSR count). The summed E-state index contributed by atoms with van der Waals surface area (Å²) in [6.07, 6.45) is 2.19. The van der Waals surface area contributed by atoms with Crippen molar-refractivity contribution in [3.05, 3.63) is 63.7 Å². The first kappa shape index (κ1) is 14.4. The van der Waals surface area contributed by atoms with Gasteiger partial charge < -0.3 is 10.6 Å². The van der Waals surface area contributed by atoms with Crippen LogP contribution in [0.25, 0.3) is 0 Å². The molecule has 0 bridgehead atoms. The quantitative estimate of drug-likeness (QED) is 0.762. The second kappa shape index (κ2) is 6.47. The second-order valence-electron chi connectivity index (χ2n) is 5.28. The highest BCUT2D eigenvalue weighted by Crippen LogP contribution is 2.24. The lowest BCUT2D eigenvalue weighted by molar-refractivity contribution is -0.122. The number of hydrogen-bond donors (Lipinski definition) is 2. The molecule has 0 heterocycles. The van der Waals surface area contributed by atoms with Crippen LogP contribution in [0.5, 0.6) is 0 Å². The van der Waals surface area contributed by atoms with Crippen molar-refractivity contribution in [3.63, 3.8) is 0 Å². The smallest absolute Gasteiger partial charge is 0.247 e. The molecule has 0 aromatic heterocycles. The molecule has 0 unspecified atom stereocenters. The molecule has 1 aliphatic rings. The molecule has 0 spiro atoms. The van der Waals surface area contributed by atoms with E-state index < -0.39 is 0 Å². The Morgan fingerprint density at radius 3 is 2.52 bits per heavy atom. The maximum Gasteiger partial charge on any atom is 0.247 e. The van der Waals surface area contributed by atoms with Crippen LogP contribution in [0.15, 0.2) is 54.6 Å². The van der Waals surface area contributed by atoms with Crippen molar-refractivity contribution in [2.75, 3.05) is 5.32 Å². The fraction of sp³-hybridized carbons (Fsp3) is 0.235. The van der Waals surface area contributed by atoms with Gasteiger partial charge in [-0.15, -0.1) is 0 Å². The predicted molar refractivity (Wildman–Crippen MR) is 93.1 cm³/mol. The van der Waals surface area contributed by atoms with Gasteiger partial charge in [-0.2, -0.15) is 0 Å². The van der Waals surface area contributed by atoms with Crippen molar-refractivity contribution in [1.82, 2.24) is 5.32 Å². The highest BCUT2D eigenvalue weighted by molar-refractivity contribution is 14.1. The molecule has 21 heavy (non-hydrogen) atoms. The minimum atomic E-state index is -0.356. The van der Waals surface area contributed by atoms with Gasteiger partial charge in [0.1, 0.15) is 6.04 Å². The molecule has 1 fully saturated rings. The molecule has 2 aromatic rings. The minimum Gasteiger partial charge on any atom is -0.370 e. The second-order valence-corrected chi connectivity index (χ2v) is 6.53. The molecule has 108 valence electrons. The number of anilines is 1. The summed E-state index contributed by atoms with van der Waals surface area (Å²) >= 11 is 2.27. The first-order chi connectivity index (χ1) is 10.2. The van der Waals surface area contributed by atoms with Gasteiger partial charge in [-0.3, -0.25) is 4.79 Å². The van der Waals surface area contributed by atoms with Crippen molar-refractivity contribution in [1.29, 1.82) is 0 Å². The third kappa shape index (κ3) is 3.97. The molecule has 3 nitrogen and oxygen atoms in total. The van der Waals surface area contributed by atoms with E-state index >= 15 is 0 Å². The number of carbonyl (C=O) groups is 1. The lowest BCUT2D eigenvalue weighted by atomic mass is 10.1. The number of carbonyl (C=O) groups excluding carboxylic acids is 1. The molecule has 1 amide bonds. The van der Waals surface area contributed by atoms with Crippen LogP contribution in [0.4, 0.5) is 5.69 Å². The average molecular weight is 392 g/mol. The van der Waals surface area contributed by atoms with E-state index in [0.29, 0.717) is 6.04 Å². The maximum absolute atomic E-state index is 12.5. The van der Waals surface area contributed by atoms with Crippen LogP contribution in [0.3, 0.4) is 0 Å². The summed E-state index contributed by atoms with van der Waals surface area (Å²) in [4.78, 5) is 12.5. The van der Waals surface area contributed by atoms with Crippen LogP contribution in [-0.4, -0.2) is 11.9 Å². The van der Waals surface area contributed by atoms with Crippen molar-refractivity contribution >= 4 is 34.2 Å². The molecule has 1 atom stereocenters. The monoisotopic (exact) mass is 392 g/mol. The first-order valence-electron chi connectivity index (χ1n) is 7.10. The highest BCUT2D eigenvalue weighted by Gasteiger charge is 2.28. The lowest BCUT2D eigenvalue weighted by Crippen LogP contribution is -2.34. The van der Waals surface area contributed by atoms with Gasteiger partial charge in [-0.05, 0) is 59.2 Å². The van der Waals surface area contributed by atoms with Gasteiger partial charge in [-0.25, -0.2) is 0 Å². The molecule has 2 aromatic carbocycles. The van der Waals surface area contributed by atoms with Gasteiger partial charge in [0.25, 0.3) is 0 Å². The van der Waals surface area contributed by atoms with E-state index in [4.69, 9.17) is 0 Å². The molecule has 2 N–H and O–H groups in total. The number of halogens is 1.